The fourth-order valence-corrected chi connectivity index (χ4v) is 3.94. The van der Waals surface area contributed by atoms with Gasteiger partial charge in [0.05, 0.1) is 19.1 Å². The van der Waals surface area contributed by atoms with Crippen LogP contribution in [-0.4, -0.2) is 43.7 Å². The smallest absolute Gasteiger partial charge is 0.225 e. The van der Waals surface area contributed by atoms with Crippen molar-refractivity contribution in [2.24, 2.45) is 11.8 Å². The van der Waals surface area contributed by atoms with Crippen molar-refractivity contribution in [3.8, 4) is 0 Å². The highest BCUT2D eigenvalue weighted by Crippen LogP contribution is 2.43. The van der Waals surface area contributed by atoms with E-state index in [1.807, 2.05) is 6.92 Å². The Hall–Kier alpha value is -1.39. The molecule has 1 aromatic carbocycles. The van der Waals surface area contributed by atoms with Crippen LogP contribution in [0.15, 0.2) is 24.3 Å². The van der Waals surface area contributed by atoms with Crippen LogP contribution in [0.3, 0.4) is 0 Å². The molecular weight excluding hydrogens is 276 g/mol. The van der Waals surface area contributed by atoms with Crippen molar-refractivity contribution in [2.75, 3.05) is 32.8 Å². The van der Waals surface area contributed by atoms with Crippen LogP contribution in [0, 0.1) is 18.8 Å². The van der Waals surface area contributed by atoms with Gasteiger partial charge in [-0.25, -0.2) is 0 Å². The molecule has 3 atom stereocenters. The number of hydrogen-bond acceptors (Lipinski definition) is 3. The number of nitrogens with zero attached hydrogens (tertiary/aromatic N) is 1. The summed E-state index contributed by atoms with van der Waals surface area (Å²) in [7, 11) is 0. The molecule has 2 fully saturated rings. The molecule has 0 radical (unpaired) electrons. The number of amides is 1. The van der Waals surface area contributed by atoms with E-state index < -0.39 is 0 Å². The maximum Gasteiger partial charge on any atom is 0.225 e. The molecule has 1 amide bonds. The first-order valence-electron chi connectivity index (χ1n) is 8.35. The van der Waals surface area contributed by atoms with Gasteiger partial charge in [0, 0.05) is 32.2 Å². The average Bonchev–Trinajstić information content (AvgIpc) is 3.09. The lowest BCUT2D eigenvalue weighted by molar-refractivity contribution is -0.133. The zero-order chi connectivity index (χ0) is 15.5. The van der Waals surface area contributed by atoms with Crippen molar-refractivity contribution in [3.05, 3.63) is 35.4 Å². The molecule has 4 nitrogen and oxygen atoms in total. The van der Waals surface area contributed by atoms with E-state index in [1.165, 1.54) is 11.1 Å². The molecule has 4 heteroatoms. The minimum atomic E-state index is 0.218. The molecule has 0 aromatic heterocycles. The molecule has 1 aromatic rings. The predicted molar refractivity (Wildman–Crippen MR) is 86.6 cm³/mol. The molecule has 0 saturated carbocycles. The quantitative estimate of drug-likeness (QED) is 0.847. The van der Waals surface area contributed by atoms with Gasteiger partial charge in [-0.15, -0.1) is 0 Å². The summed E-state index contributed by atoms with van der Waals surface area (Å²) in [6.45, 7) is 8.23. The van der Waals surface area contributed by atoms with Crippen LogP contribution in [0.4, 0.5) is 0 Å². The summed E-state index contributed by atoms with van der Waals surface area (Å²) in [5.41, 5.74) is 2.59. The molecule has 2 saturated heterocycles. The Labute approximate surface area is 132 Å². The molecule has 120 valence electrons. The van der Waals surface area contributed by atoms with Crippen LogP contribution >= 0.6 is 0 Å². The topological polar surface area (TPSA) is 41.6 Å². The van der Waals surface area contributed by atoms with Crippen LogP contribution in [0.5, 0.6) is 0 Å². The van der Waals surface area contributed by atoms with E-state index >= 15 is 0 Å². The first-order valence-corrected chi connectivity index (χ1v) is 8.35. The normalized spacial score (nSPS) is 27.2. The lowest BCUT2D eigenvalue weighted by Gasteiger charge is -2.29. The Kier molecular flexibility index (Phi) is 4.79. The van der Waals surface area contributed by atoms with Crippen molar-refractivity contribution in [1.29, 1.82) is 0 Å². The summed E-state index contributed by atoms with van der Waals surface area (Å²) in [6, 6.07) is 8.70. The number of aryl methyl sites for hydroxylation is 1. The second-order valence-electron chi connectivity index (χ2n) is 6.38. The van der Waals surface area contributed by atoms with Crippen LogP contribution in [-0.2, 0) is 9.53 Å². The monoisotopic (exact) mass is 302 g/mol. The van der Waals surface area contributed by atoms with Gasteiger partial charge in [0.1, 0.15) is 0 Å². The SMILES string of the molecule is CCOCCC(=O)N1C[C@@H]2CNC[C@@H]2[C@H]1c1ccccc1C. The summed E-state index contributed by atoms with van der Waals surface area (Å²) in [5.74, 6) is 1.36. The molecule has 0 spiro atoms. The fraction of sp³-hybridized carbons (Fsp3) is 0.611. The van der Waals surface area contributed by atoms with Crippen LogP contribution in [0.2, 0.25) is 0 Å². The maximum atomic E-state index is 12.7. The van der Waals surface area contributed by atoms with E-state index in [4.69, 9.17) is 4.74 Å². The van der Waals surface area contributed by atoms with E-state index in [9.17, 15) is 4.79 Å². The Bertz CT molecular complexity index is 532. The molecule has 2 aliphatic rings. The molecule has 0 bridgehead atoms. The number of carbonyl (C=O) groups excluding carboxylic acids is 1. The fourth-order valence-electron chi connectivity index (χ4n) is 3.94. The van der Waals surface area contributed by atoms with Gasteiger partial charge in [-0.2, -0.15) is 0 Å². The van der Waals surface area contributed by atoms with Gasteiger partial charge in [-0.05, 0) is 30.9 Å². The lowest BCUT2D eigenvalue weighted by atomic mass is 9.87. The number of benzene rings is 1. The predicted octanol–water partition coefficient (Wildman–Crippen LogP) is 2.14. The molecule has 22 heavy (non-hydrogen) atoms. The first kappa shape index (κ1) is 15.5. The van der Waals surface area contributed by atoms with E-state index in [0.717, 1.165) is 19.6 Å². The number of ether oxygens (including phenoxy) is 1. The molecule has 1 N–H and O–H groups in total. The Morgan fingerprint density at radius 3 is 2.95 bits per heavy atom. The van der Waals surface area contributed by atoms with Gasteiger partial charge in [0.2, 0.25) is 5.91 Å². The number of nitrogens with one attached hydrogen (secondary N) is 1. The van der Waals surface area contributed by atoms with E-state index in [0.29, 0.717) is 31.5 Å². The highest BCUT2D eigenvalue weighted by atomic mass is 16.5. The molecule has 2 heterocycles. The van der Waals surface area contributed by atoms with Crippen molar-refractivity contribution >= 4 is 5.91 Å². The zero-order valence-electron chi connectivity index (χ0n) is 13.5. The van der Waals surface area contributed by atoms with Gasteiger partial charge in [-0.1, -0.05) is 24.3 Å². The summed E-state index contributed by atoms with van der Waals surface area (Å²) >= 11 is 0. The Balaban J connectivity index is 1.82. The highest BCUT2D eigenvalue weighted by Gasteiger charge is 2.46. The summed E-state index contributed by atoms with van der Waals surface area (Å²) in [6.07, 6.45) is 0.489. The van der Waals surface area contributed by atoms with Gasteiger partial charge in [-0.3, -0.25) is 4.79 Å². The number of hydrogen-bond donors (Lipinski definition) is 1. The highest BCUT2D eigenvalue weighted by molar-refractivity contribution is 5.77. The largest absolute Gasteiger partial charge is 0.381 e. The van der Waals surface area contributed by atoms with Gasteiger partial charge in [0.15, 0.2) is 0 Å². The van der Waals surface area contributed by atoms with Crippen LogP contribution in [0.1, 0.15) is 30.5 Å². The minimum Gasteiger partial charge on any atom is -0.381 e. The number of rotatable bonds is 5. The van der Waals surface area contributed by atoms with Gasteiger partial charge < -0.3 is 15.0 Å². The molecular formula is C18H26N2O2. The zero-order valence-corrected chi connectivity index (χ0v) is 13.5. The summed E-state index contributed by atoms with van der Waals surface area (Å²) < 4.78 is 5.36. The molecule has 0 aliphatic carbocycles. The third-order valence-corrected chi connectivity index (χ3v) is 5.06. The lowest BCUT2D eigenvalue weighted by Crippen LogP contribution is -2.35. The Morgan fingerprint density at radius 1 is 1.36 bits per heavy atom. The number of carbonyl (C=O) groups is 1. The second kappa shape index (κ2) is 6.80. The van der Waals surface area contributed by atoms with Crippen molar-refractivity contribution in [2.45, 2.75) is 26.3 Å². The maximum absolute atomic E-state index is 12.7. The van der Waals surface area contributed by atoms with Crippen LogP contribution in [0.25, 0.3) is 0 Å². The third-order valence-electron chi connectivity index (χ3n) is 5.06. The van der Waals surface area contributed by atoms with E-state index in [2.05, 4.69) is 41.4 Å². The standard InChI is InChI=1S/C18H26N2O2/c1-3-22-9-8-17(21)20-12-14-10-19-11-16(14)18(20)15-7-5-4-6-13(15)2/h4-7,14,16,18-19H,3,8-12H2,1-2H3/t14-,16-,18+/m0/s1. The average molecular weight is 302 g/mol. The van der Waals surface area contributed by atoms with Crippen molar-refractivity contribution in [1.82, 2.24) is 10.2 Å². The number of fused-ring (bicyclic) bond motifs is 1. The first-order chi connectivity index (χ1) is 10.7. The molecule has 0 unspecified atom stereocenters. The summed E-state index contributed by atoms with van der Waals surface area (Å²) in [5, 5.41) is 3.49. The van der Waals surface area contributed by atoms with Gasteiger partial charge >= 0.3 is 0 Å². The molecule has 2 aliphatic heterocycles. The number of likely N-dealkylation sites (tertiary alicyclic amines) is 1. The van der Waals surface area contributed by atoms with Crippen molar-refractivity contribution in [3.63, 3.8) is 0 Å². The third kappa shape index (κ3) is 2.90. The summed E-state index contributed by atoms with van der Waals surface area (Å²) in [4.78, 5) is 14.8. The minimum absolute atomic E-state index is 0.218. The Morgan fingerprint density at radius 2 is 2.18 bits per heavy atom. The second-order valence-corrected chi connectivity index (χ2v) is 6.38. The van der Waals surface area contributed by atoms with Gasteiger partial charge in [0.25, 0.3) is 0 Å². The van der Waals surface area contributed by atoms with E-state index in [-0.39, 0.29) is 11.9 Å². The molecule has 3 rings (SSSR count). The van der Waals surface area contributed by atoms with E-state index in [1.54, 1.807) is 0 Å². The van der Waals surface area contributed by atoms with Crippen LogP contribution < -0.4 is 5.32 Å². The van der Waals surface area contributed by atoms with Crippen molar-refractivity contribution < 1.29 is 9.53 Å².